The van der Waals surface area contributed by atoms with Crippen molar-refractivity contribution in [3.05, 3.63) is 58.7 Å². The molecule has 2 aromatic rings. The van der Waals surface area contributed by atoms with Crippen LogP contribution in [-0.2, 0) is 0 Å². The van der Waals surface area contributed by atoms with Gasteiger partial charge in [0.2, 0.25) is 0 Å². The van der Waals surface area contributed by atoms with Crippen molar-refractivity contribution < 1.29 is 17.6 Å². The number of rotatable bonds is 11. The maximum atomic E-state index is 14.8. The van der Waals surface area contributed by atoms with Crippen LogP contribution in [0.3, 0.4) is 0 Å². The Labute approximate surface area is 196 Å². The molecule has 0 spiro atoms. The summed E-state index contributed by atoms with van der Waals surface area (Å²) in [5.41, 5.74) is -0.114. The molecule has 0 N–H and O–H groups in total. The number of hydrogen-bond acceptors (Lipinski definition) is 0. The highest BCUT2D eigenvalue weighted by atomic mass is 19.2. The van der Waals surface area contributed by atoms with Gasteiger partial charge in [0.05, 0.1) is 5.56 Å². The van der Waals surface area contributed by atoms with E-state index in [1.54, 1.807) is 6.07 Å². The Kier molecular flexibility index (Phi) is 9.82. The summed E-state index contributed by atoms with van der Waals surface area (Å²) >= 11 is 0. The Bertz CT molecular complexity index is 897. The fourth-order valence-corrected chi connectivity index (χ4v) is 5.30. The van der Waals surface area contributed by atoms with Gasteiger partial charge in [-0.25, -0.2) is 17.6 Å². The van der Waals surface area contributed by atoms with Gasteiger partial charge >= 0.3 is 0 Å². The number of unbranched alkanes of at least 4 members (excludes halogenated alkanes) is 7. The Morgan fingerprint density at radius 3 is 2.00 bits per heavy atom. The van der Waals surface area contributed by atoms with Crippen LogP contribution < -0.4 is 0 Å². The number of halogens is 4. The van der Waals surface area contributed by atoms with Crippen molar-refractivity contribution in [1.82, 2.24) is 0 Å². The van der Waals surface area contributed by atoms with E-state index in [1.807, 2.05) is 0 Å². The SMILES string of the molecule is CCCCCCCCCC[C@H]1CC[C@H](c2ccc(-c3c(F)cc(C)c(F)c3F)c(F)c2)CC1. The lowest BCUT2D eigenvalue weighted by molar-refractivity contribution is 0.301. The summed E-state index contributed by atoms with van der Waals surface area (Å²) in [6.45, 7) is 3.53. The minimum absolute atomic E-state index is 0.130. The van der Waals surface area contributed by atoms with E-state index < -0.39 is 28.8 Å². The normalized spacial score (nSPS) is 18.6. The zero-order chi connectivity index (χ0) is 23.8. The highest BCUT2D eigenvalue weighted by Crippen LogP contribution is 2.39. The Morgan fingerprint density at radius 1 is 0.727 bits per heavy atom. The van der Waals surface area contributed by atoms with E-state index in [2.05, 4.69) is 6.92 Å². The van der Waals surface area contributed by atoms with Crippen molar-refractivity contribution in [3.8, 4) is 11.1 Å². The molecule has 0 unspecified atom stereocenters. The number of hydrogen-bond donors (Lipinski definition) is 0. The summed E-state index contributed by atoms with van der Waals surface area (Å²) < 4.78 is 57.4. The van der Waals surface area contributed by atoms with Crippen molar-refractivity contribution in [2.24, 2.45) is 5.92 Å². The molecular weight excluding hydrogens is 424 g/mol. The number of aryl methyl sites for hydroxylation is 1. The molecule has 0 heterocycles. The van der Waals surface area contributed by atoms with Crippen molar-refractivity contribution >= 4 is 0 Å². The molecule has 0 aliphatic heterocycles. The topological polar surface area (TPSA) is 0 Å². The van der Waals surface area contributed by atoms with Gasteiger partial charge < -0.3 is 0 Å². The van der Waals surface area contributed by atoms with E-state index in [0.717, 1.165) is 43.2 Å². The second-order valence-corrected chi connectivity index (χ2v) is 9.90. The molecule has 2 aromatic carbocycles. The second-order valence-electron chi connectivity index (χ2n) is 9.90. The number of benzene rings is 2. The van der Waals surface area contributed by atoms with Crippen LogP contribution in [0.4, 0.5) is 17.6 Å². The van der Waals surface area contributed by atoms with E-state index in [1.165, 1.54) is 76.8 Å². The molecule has 0 bridgehead atoms. The van der Waals surface area contributed by atoms with Crippen molar-refractivity contribution in [2.75, 3.05) is 0 Å². The van der Waals surface area contributed by atoms with Crippen LogP contribution in [0, 0.1) is 36.1 Å². The molecule has 1 saturated carbocycles. The van der Waals surface area contributed by atoms with Crippen LogP contribution in [0.25, 0.3) is 11.1 Å². The third-order valence-electron chi connectivity index (χ3n) is 7.39. The van der Waals surface area contributed by atoms with Gasteiger partial charge in [0.15, 0.2) is 11.6 Å². The monoisotopic (exact) mass is 462 g/mol. The van der Waals surface area contributed by atoms with Crippen LogP contribution in [-0.4, -0.2) is 0 Å². The summed E-state index contributed by atoms with van der Waals surface area (Å²) in [5, 5.41) is 0. The fourth-order valence-electron chi connectivity index (χ4n) is 5.30. The zero-order valence-electron chi connectivity index (χ0n) is 20.2. The maximum absolute atomic E-state index is 14.8. The molecule has 182 valence electrons. The van der Waals surface area contributed by atoms with Gasteiger partial charge in [0, 0.05) is 5.56 Å². The van der Waals surface area contributed by atoms with Crippen molar-refractivity contribution in [1.29, 1.82) is 0 Å². The molecule has 0 nitrogen and oxygen atoms in total. The van der Waals surface area contributed by atoms with Crippen LogP contribution in [0.5, 0.6) is 0 Å². The molecule has 0 amide bonds. The van der Waals surface area contributed by atoms with E-state index >= 15 is 0 Å². The zero-order valence-corrected chi connectivity index (χ0v) is 20.2. The summed E-state index contributed by atoms with van der Waals surface area (Å²) in [5.74, 6) is -3.09. The first-order valence-electron chi connectivity index (χ1n) is 12.9. The van der Waals surface area contributed by atoms with E-state index in [-0.39, 0.29) is 17.0 Å². The van der Waals surface area contributed by atoms with Gasteiger partial charge in [0.1, 0.15) is 11.6 Å². The summed E-state index contributed by atoms with van der Waals surface area (Å²) in [6, 6.07) is 5.44. The molecule has 4 heteroatoms. The average Bonchev–Trinajstić information content (AvgIpc) is 2.81. The molecule has 1 aliphatic carbocycles. The van der Waals surface area contributed by atoms with Crippen LogP contribution in [0.1, 0.15) is 107 Å². The maximum Gasteiger partial charge on any atom is 0.169 e. The largest absolute Gasteiger partial charge is 0.206 e. The average molecular weight is 463 g/mol. The van der Waals surface area contributed by atoms with Crippen molar-refractivity contribution in [2.45, 2.75) is 103 Å². The van der Waals surface area contributed by atoms with Crippen LogP contribution >= 0.6 is 0 Å². The lowest BCUT2D eigenvalue weighted by atomic mass is 9.77. The standard InChI is InChI=1S/C29H38F4/c1-3-4-5-6-7-8-9-10-11-21-12-14-22(15-13-21)23-16-17-24(25(30)19-23)27-26(31)18-20(2)28(32)29(27)33/h16-19,21-22H,3-15H2,1-2H3/t21-,22-. The van der Waals surface area contributed by atoms with Gasteiger partial charge in [-0.3, -0.25) is 0 Å². The van der Waals surface area contributed by atoms with Gasteiger partial charge in [0.25, 0.3) is 0 Å². The Hall–Kier alpha value is -1.84. The highest BCUT2D eigenvalue weighted by molar-refractivity contribution is 5.66. The van der Waals surface area contributed by atoms with E-state index in [0.29, 0.717) is 0 Å². The van der Waals surface area contributed by atoms with Crippen molar-refractivity contribution in [3.63, 3.8) is 0 Å². The van der Waals surface area contributed by atoms with Gasteiger partial charge in [-0.1, -0.05) is 76.8 Å². The lowest BCUT2D eigenvalue weighted by Gasteiger charge is -2.29. The summed E-state index contributed by atoms with van der Waals surface area (Å²) in [6.07, 6.45) is 16.3. The Morgan fingerprint density at radius 2 is 1.36 bits per heavy atom. The van der Waals surface area contributed by atoms with Gasteiger partial charge in [-0.05, 0) is 67.7 Å². The molecule has 0 saturated heterocycles. The molecular formula is C29H38F4. The third-order valence-corrected chi connectivity index (χ3v) is 7.39. The van der Waals surface area contributed by atoms with Crippen LogP contribution in [0.15, 0.2) is 24.3 Å². The first-order chi connectivity index (χ1) is 15.9. The predicted octanol–water partition coefficient (Wildman–Crippen LogP) is 10.0. The lowest BCUT2D eigenvalue weighted by Crippen LogP contribution is -2.13. The minimum Gasteiger partial charge on any atom is -0.206 e. The molecule has 1 fully saturated rings. The molecule has 3 rings (SSSR count). The van der Waals surface area contributed by atoms with Crippen LogP contribution in [0.2, 0.25) is 0 Å². The molecule has 0 radical (unpaired) electrons. The highest BCUT2D eigenvalue weighted by Gasteiger charge is 2.25. The minimum atomic E-state index is -1.33. The molecule has 0 aromatic heterocycles. The van der Waals surface area contributed by atoms with Gasteiger partial charge in [-0.15, -0.1) is 0 Å². The summed E-state index contributed by atoms with van der Waals surface area (Å²) in [4.78, 5) is 0. The molecule has 0 atom stereocenters. The second kappa shape index (κ2) is 12.6. The predicted molar refractivity (Wildman–Crippen MR) is 128 cm³/mol. The molecule has 33 heavy (non-hydrogen) atoms. The third kappa shape index (κ3) is 6.83. The Balaban J connectivity index is 1.50. The fraction of sp³-hybridized carbons (Fsp3) is 0.586. The molecule has 1 aliphatic rings. The van der Waals surface area contributed by atoms with E-state index in [9.17, 15) is 17.6 Å². The first-order valence-corrected chi connectivity index (χ1v) is 12.9. The smallest absolute Gasteiger partial charge is 0.169 e. The van der Waals surface area contributed by atoms with E-state index in [4.69, 9.17) is 0 Å². The quantitative estimate of drug-likeness (QED) is 0.177. The van der Waals surface area contributed by atoms with Gasteiger partial charge in [-0.2, -0.15) is 0 Å². The summed E-state index contributed by atoms with van der Waals surface area (Å²) in [7, 11) is 0. The first kappa shape index (κ1) is 25.8.